The van der Waals surface area contributed by atoms with E-state index in [9.17, 15) is 9.59 Å². The first kappa shape index (κ1) is 17.4. The van der Waals surface area contributed by atoms with E-state index in [0.717, 1.165) is 5.69 Å². The Bertz CT molecular complexity index is 752. The number of nitrogens with one attached hydrogen (secondary N) is 2. The Labute approximate surface area is 145 Å². The van der Waals surface area contributed by atoms with Gasteiger partial charge in [-0.05, 0) is 54.7 Å². The highest BCUT2D eigenvalue weighted by Crippen LogP contribution is 2.16. The van der Waals surface area contributed by atoms with Gasteiger partial charge in [-0.1, -0.05) is 0 Å². The molecular weight excluding hydrogens is 326 g/mol. The predicted octanol–water partition coefficient (Wildman–Crippen LogP) is 2.79. The quantitative estimate of drug-likeness (QED) is 0.660. The molecule has 24 heavy (non-hydrogen) atoms. The van der Waals surface area contributed by atoms with Gasteiger partial charge < -0.3 is 14.6 Å². The highest BCUT2D eigenvalue weighted by Gasteiger charge is 2.06. The van der Waals surface area contributed by atoms with Gasteiger partial charge >= 0.3 is 0 Å². The maximum Gasteiger partial charge on any atom is 0.250 e. The Kier molecular flexibility index (Phi) is 5.86. The van der Waals surface area contributed by atoms with Crippen LogP contribution < -0.4 is 15.5 Å². The molecule has 0 radical (unpaired) electrons. The summed E-state index contributed by atoms with van der Waals surface area (Å²) in [6.07, 6.45) is 4.40. The largest absolute Gasteiger partial charge is 0.465 e. The van der Waals surface area contributed by atoms with Gasteiger partial charge in [0.25, 0.3) is 0 Å². The number of nitrogens with zero attached hydrogens (tertiary/aromatic N) is 1. The third kappa shape index (κ3) is 5.06. The summed E-state index contributed by atoms with van der Waals surface area (Å²) in [6.45, 7) is 1.49. The molecule has 0 bridgehead atoms. The number of amides is 2. The van der Waals surface area contributed by atoms with Crippen LogP contribution in [0.5, 0.6) is 0 Å². The summed E-state index contributed by atoms with van der Waals surface area (Å²) in [7, 11) is 1.70. The third-order valence-electron chi connectivity index (χ3n) is 3.16. The molecule has 0 aliphatic carbocycles. The van der Waals surface area contributed by atoms with Crippen molar-refractivity contribution in [1.82, 2.24) is 5.32 Å². The van der Waals surface area contributed by atoms with Gasteiger partial charge in [0.2, 0.25) is 11.8 Å². The van der Waals surface area contributed by atoms with Crippen molar-refractivity contribution in [3.8, 4) is 0 Å². The first-order valence-corrected chi connectivity index (χ1v) is 7.54. The molecule has 6 nitrogen and oxygen atoms in total. The smallest absolute Gasteiger partial charge is 0.250 e. The fraction of sp³-hybridized carbons (Fsp3) is 0.118. The Morgan fingerprint density at radius 3 is 2.50 bits per heavy atom. The second-order valence-electron chi connectivity index (χ2n) is 4.92. The number of rotatable bonds is 4. The topological polar surface area (TPSA) is 74.6 Å². The molecule has 1 aromatic heterocycles. The average molecular weight is 343 g/mol. The third-order valence-corrected chi connectivity index (χ3v) is 3.37. The van der Waals surface area contributed by atoms with Crippen LogP contribution in [0.25, 0.3) is 6.08 Å². The molecule has 2 rings (SSSR count). The van der Waals surface area contributed by atoms with Crippen molar-refractivity contribution in [3.63, 3.8) is 0 Å². The first-order chi connectivity index (χ1) is 11.5. The number of furan rings is 1. The minimum absolute atomic E-state index is 0.0539. The van der Waals surface area contributed by atoms with Crippen LogP contribution in [0.3, 0.4) is 0 Å². The molecule has 2 aromatic rings. The summed E-state index contributed by atoms with van der Waals surface area (Å²) >= 11 is 5.09. The molecule has 0 saturated carbocycles. The minimum Gasteiger partial charge on any atom is -0.465 e. The second-order valence-corrected chi connectivity index (χ2v) is 5.33. The lowest BCUT2D eigenvalue weighted by molar-refractivity contribution is -0.116. The average Bonchev–Trinajstić information content (AvgIpc) is 3.06. The van der Waals surface area contributed by atoms with Gasteiger partial charge in [0.1, 0.15) is 5.76 Å². The zero-order valence-corrected chi connectivity index (χ0v) is 14.1. The van der Waals surface area contributed by atoms with E-state index in [1.54, 1.807) is 49.5 Å². The molecule has 0 unspecified atom stereocenters. The van der Waals surface area contributed by atoms with Gasteiger partial charge in [-0.2, -0.15) is 0 Å². The molecule has 0 spiro atoms. The molecule has 1 heterocycles. The van der Waals surface area contributed by atoms with Crippen molar-refractivity contribution in [2.75, 3.05) is 17.3 Å². The number of carbonyl (C=O) groups excluding carboxylic acids is 2. The number of hydrogen-bond donors (Lipinski definition) is 2. The van der Waals surface area contributed by atoms with Gasteiger partial charge in [-0.25, -0.2) is 0 Å². The van der Waals surface area contributed by atoms with E-state index >= 15 is 0 Å². The molecule has 124 valence electrons. The van der Waals surface area contributed by atoms with Crippen LogP contribution in [0.1, 0.15) is 12.7 Å². The number of carbonyl (C=O) groups is 2. The Morgan fingerprint density at radius 1 is 1.21 bits per heavy atom. The molecule has 0 aliphatic rings. The van der Waals surface area contributed by atoms with Crippen LogP contribution in [0.15, 0.2) is 53.2 Å². The van der Waals surface area contributed by atoms with Crippen LogP contribution in [-0.4, -0.2) is 24.0 Å². The number of benzene rings is 1. The Morgan fingerprint density at radius 2 is 1.92 bits per heavy atom. The van der Waals surface area contributed by atoms with Crippen LogP contribution >= 0.6 is 12.2 Å². The standard InChI is InChI=1S/C17H17N3O3S/c1-12(21)20(2)14-7-5-13(6-8-14)18-17(24)19-16(22)10-9-15-4-3-11-23-15/h3-11H,1-2H3,(H2,18,19,22,24)/b10-9+. The number of hydrogen-bond acceptors (Lipinski definition) is 4. The summed E-state index contributed by atoms with van der Waals surface area (Å²) in [6, 6.07) is 10.6. The summed E-state index contributed by atoms with van der Waals surface area (Å²) in [5.74, 6) is 0.160. The van der Waals surface area contributed by atoms with E-state index in [4.69, 9.17) is 16.6 Å². The van der Waals surface area contributed by atoms with Gasteiger partial charge in [0.15, 0.2) is 5.11 Å². The lowest BCUT2D eigenvalue weighted by Gasteiger charge is -2.15. The summed E-state index contributed by atoms with van der Waals surface area (Å²) < 4.78 is 5.09. The second kappa shape index (κ2) is 8.07. The maximum atomic E-state index is 11.7. The van der Waals surface area contributed by atoms with Gasteiger partial charge in [0.05, 0.1) is 6.26 Å². The van der Waals surface area contributed by atoms with Crippen LogP contribution in [0.2, 0.25) is 0 Å². The molecule has 2 amide bonds. The highest BCUT2D eigenvalue weighted by atomic mass is 32.1. The van der Waals surface area contributed by atoms with Gasteiger partial charge in [0, 0.05) is 31.4 Å². The van der Waals surface area contributed by atoms with E-state index in [1.165, 1.54) is 24.2 Å². The van der Waals surface area contributed by atoms with Crippen molar-refractivity contribution in [1.29, 1.82) is 0 Å². The molecule has 0 fully saturated rings. The zero-order valence-electron chi connectivity index (χ0n) is 13.3. The lowest BCUT2D eigenvalue weighted by Crippen LogP contribution is -2.32. The number of anilines is 2. The van der Waals surface area contributed by atoms with E-state index in [1.807, 2.05) is 0 Å². The minimum atomic E-state index is -0.364. The molecule has 0 atom stereocenters. The van der Waals surface area contributed by atoms with Crippen molar-refractivity contribution in [3.05, 3.63) is 54.5 Å². The summed E-state index contributed by atoms with van der Waals surface area (Å²) in [5.41, 5.74) is 1.47. The summed E-state index contributed by atoms with van der Waals surface area (Å²) in [4.78, 5) is 24.6. The van der Waals surface area contributed by atoms with E-state index in [-0.39, 0.29) is 16.9 Å². The Balaban J connectivity index is 1.88. The van der Waals surface area contributed by atoms with Gasteiger partial charge in [-0.3, -0.25) is 14.9 Å². The van der Waals surface area contributed by atoms with Crippen molar-refractivity contribution >= 4 is 46.6 Å². The fourth-order valence-corrected chi connectivity index (χ4v) is 2.03. The SMILES string of the molecule is CC(=O)N(C)c1ccc(NC(=S)NC(=O)/C=C/c2ccco2)cc1. The lowest BCUT2D eigenvalue weighted by atomic mass is 10.2. The van der Waals surface area contributed by atoms with Crippen molar-refractivity contribution < 1.29 is 14.0 Å². The van der Waals surface area contributed by atoms with Crippen LogP contribution in [-0.2, 0) is 9.59 Å². The fourth-order valence-electron chi connectivity index (χ4n) is 1.81. The van der Waals surface area contributed by atoms with E-state index in [2.05, 4.69) is 10.6 Å². The monoisotopic (exact) mass is 343 g/mol. The number of thiocarbonyl (C=S) groups is 1. The van der Waals surface area contributed by atoms with E-state index < -0.39 is 0 Å². The normalized spacial score (nSPS) is 10.4. The zero-order chi connectivity index (χ0) is 17.5. The molecule has 0 saturated heterocycles. The van der Waals surface area contributed by atoms with E-state index in [0.29, 0.717) is 11.4 Å². The summed E-state index contributed by atoms with van der Waals surface area (Å²) in [5, 5.41) is 5.61. The predicted molar refractivity (Wildman–Crippen MR) is 97.6 cm³/mol. The molecule has 7 heteroatoms. The molecule has 1 aromatic carbocycles. The van der Waals surface area contributed by atoms with Crippen LogP contribution in [0.4, 0.5) is 11.4 Å². The van der Waals surface area contributed by atoms with Gasteiger partial charge in [-0.15, -0.1) is 0 Å². The van der Waals surface area contributed by atoms with Crippen molar-refractivity contribution in [2.24, 2.45) is 0 Å². The molecule has 2 N–H and O–H groups in total. The molecule has 0 aliphatic heterocycles. The first-order valence-electron chi connectivity index (χ1n) is 7.13. The highest BCUT2D eigenvalue weighted by molar-refractivity contribution is 7.80. The molecular formula is C17H17N3O3S. The maximum absolute atomic E-state index is 11.7. The van der Waals surface area contributed by atoms with Crippen molar-refractivity contribution in [2.45, 2.75) is 6.92 Å². The van der Waals surface area contributed by atoms with Crippen LogP contribution in [0, 0.1) is 0 Å². The Hall–Kier alpha value is -2.93.